The molecule has 1 aromatic carbocycles. The largest absolute Gasteiger partial charge is 0.493 e. The Bertz CT molecular complexity index is 292. The summed E-state index contributed by atoms with van der Waals surface area (Å²) >= 11 is 0. The van der Waals surface area contributed by atoms with Crippen molar-refractivity contribution in [3.63, 3.8) is 0 Å². The number of hydrogen-bond donors (Lipinski definition) is 0. The topological polar surface area (TPSA) is 29.1 Å². The number of benzene rings is 1. The van der Waals surface area contributed by atoms with Crippen LogP contribution in [0.1, 0.15) is 11.1 Å². The molecule has 0 atom stereocenters. The third-order valence-electron chi connectivity index (χ3n) is 2.12. The van der Waals surface area contributed by atoms with E-state index in [0.29, 0.717) is 0 Å². The normalized spacial score (nSPS) is 14.3. The summed E-state index contributed by atoms with van der Waals surface area (Å²) in [4.78, 5) is 0. The summed E-state index contributed by atoms with van der Waals surface area (Å²) in [6.45, 7) is 2.58. The Morgan fingerprint density at radius 2 is 2.27 bits per heavy atom. The Kier molecular flexibility index (Phi) is 1.28. The maximum absolute atomic E-state index is 11.1. The van der Waals surface area contributed by atoms with E-state index in [4.69, 9.17) is 4.74 Å². The maximum atomic E-state index is 11.1. The Morgan fingerprint density at radius 3 is 3.09 bits per heavy atom. The average Bonchev–Trinajstić information content (AvgIpc) is 2.45. The van der Waals surface area contributed by atoms with Crippen LogP contribution in [0.3, 0.4) is 0 Å². The van der Waals surface area contributed by atoms with E-state index in [1.165, 1.54) is 0 Å². The highest BCUT2D eigenvalue weighted by Crippen LogP contribution is 2.33. The van der Waals surface area contributed by atoms with Gasteiger partial charge < -0.3 is 4.74 Å². The molecule has 0 bridgehead atoms. The highest BCUT2D eigenvalue weighted by atomic mass is 16.5. The molecule has 1 heterocycles. The predicted molar refractivity (Wildman–Crippen MR) is 40.5 cm³/mol. The molecule has 0 saturated carbocycles. The minimum atomic E-state index is 0.120. The zero-order chi connectivity index (χ0) is 7.84. The van der Waals surface area contributed by atoms with E-state index in [0.717, 1.165) is 29.9 Å². The van der Waals surface area contributed by atoms with Crippen LogP contribution >= 0.6 is 0 Å². The van der Waals surface area contributed by atoms with Gasteiger partial charge in [-0.2, -0.15) is 0 Å². The highest BCUT2D eigenvalue weighted by molar-refractivity contribution is 5.48. The van der Waals surface area contributed by atoms with Crippen molar-refractivity contribution in [2.75, 3.05) is 6.61 Å². The van der Waals surface area contributed by atoms with E-state index < -0.39 is 0 Å². The van der Waals surface area contributed by atoms with Gasteiger partial charge in [-0.25, -0.2) is 0 Å². The zero-order valence-electron chi connectivity index (χ0n) is 6.39. The van der Waals surface area contributed by atoms with Crippen LogP contribution in [0.4, 0.5) is 0 Å². The molecule has 0 spiro atoms. The summed E-state index contributed by atoms with van der Waals surface area (Å²) < 4.78 is 5.30. The molecule has 57 valence electrons. The molecule has 0 aliphatic carbocycles. The minimum Gasteiger partial charge on any atom is -0.493 e. The second-order valence-corrected chi connectivity index (χ2v) is 2.76. The SMILES string of the molecule is Cc1c([O])ccc2c1CCO2. The van der Waals surface area contributed by atoms with Gasteiger partial charge >= 0.3 is 0 Å². The first-order valence-electron chi connectivity index (χ1n) is 3.71. The lowest BCUT2D eigenvalue weighted by Crippen LogP contribution is -1.86. The van der Waals surface area contributed by atoms with E-state index in [9.17, 15) is 5.11 Å². The van der Waals surface area contributed by atoms with E-state index in [1.807, 2.05) is 6.92 Å². The third-order valence-corrected chi connectivity index (χ3v) is 2.12. The summed E-state index contributed by atoms with van der Waals surface area (Å²) in [7, 11) is 0. The van der Waals surface area contributed by atoms with Crippen molar-refractivity contribution in [1.29, 1.82) is 0 Å². The van der Waals surface area contributed by atoms with E-state index in [-0.39, 0.29) is 5.75 Å². The van der Waals surface area contributed by atoms with Crippen LogP contribution in [0.15, 0.2) is 12.1 Å². The van der Waals surface area contributed by atoms with Crippen molar-refractivity contribution in [3.8, 4) is 11.5 Å². The number of ether oxygens (including phenoxy) is 1. The minimum absolute atomic E-state index is 0.120. The molecule has 2 heteroatoms. The molecule has 1 aliphatic heterocycles. The molecule has 1 radical (unpaired) electrons. The van der Waals surface area contributed by atoms with E-state index in [2.05, 4.69) is 0 Å². The van der Waals surface area contributed by atoms with Crippen LogP contribution in [0.2, 0.25) is 0 Å². The predicted octanol–water partition coefficient (Wildman–Crippen LogP) is 2.07. The standard InChI is InChI=1S/C9H9O2/c1-6-7-4-5-11-9(7)3-2-8(6)10/h2-3H,4-5H2,1H3. The molecule has 2 nitrogen and oxygen atoms in total. The van der Waals surface area contributed by atoms with Crippen molar-refractivity contribution < 1.29 is 9.84 Å². The fourth-order valence-electron chi connectivity index (χ4n) is 1.42. The van der Waals surface area contributed by atoms with Crippen molar-refractivity contribution >= 4 is 0 Å². The van der Waals surface area contributed by atoms with Crippen LogP contribution in [0, 0.1) is 6.92 Å². The van der Waals surface area contributed by atoms with Gasteiger partial charge in [-0.15, -0.1) is 0 Å². The Morgan fingerprint density at radius 1 is 1.45 bits per heavy atom. The molecule has 1 aromatic rings. The summed E-state index contributed by atoms with van der Waals surface area (Å²) in [5, 5.41) is 11.1. The summed E-state index contributed by atoms with van der Waals surface area (Å²) in [6, 6.07) is 3.33. The van der Waals surface area contributed by atoms with Gasteiger partial charge in [0.25, 0.3) is 0 Å². The first-order chi connectivity index (χ1) is 5.29. The van der Waals surface area contributed by atoms with Crippen LogP contribution in [-0.4, -0.2) is 6.61 Å². The molecule has 11 heavy (non-hydrogen) atoms. The van der Waals surface area contributed by atoms with Crippen molar-refractivity contribution in [2.24, 2.45) is 0 Å². The Balaban J connectivity index is 2.62. The maximum Gasteiger partial charge on any atom is 0.182 e. The zero-order valence-corrected chi connectivity index (χ0v) is 6.39. The highest BCUT2D eigenvalue weighted by Gasteiger charge is 2.16. The van der Waals surface area contributed by atoms with Crippen molar-refractivity contribution in [3.05, 3.63) is 23.3 Å². The molecule has 0 unspecified atom stereocenters. The van der Waals surface area contributed by atoms with E-state index in [1.54, 1.807) is 12.1 Å². The monoisotopic (exact) mass is 149 g/mol. The molecule has 0 fully saturated rings. The first-order valence-corrected chi connectivity index (χ1v) is 3.71. The second kappa shape index (κ2) is 2.16. The van der Waals surface area contributed by atoms with Gasteiger partial charge in [0.2, 0.25) is 0 Å². The molecular formula is C9H9O2. The fourth-order valence-corrected chi connectivity index (χ4v) is 1.42. The quantitative estimate of drug-likeness (QED) is 0.555. The van der Waals surface area contributed by atoms with Gasteiger partial charge in [0.1, 0.15) is 5.75 Å². The van der Waals surface area contributed by atoms with E-state index >= 15 is 0 Å². The number of fused-ring (bicyclic) bond motifs is 1. The lowest BCUT2D eigenvalue weighted by Gasteiger charge is -2.01. The summed E-state index contributed by atoms with van der Waals surface area (Å²) in [5.74, 6) is 1.01. The lowest BCUT2D eigenvalue weighted by atomic mass is 10.1. The van der Waals surface area contributed by atoms with Gasteiger partial charge in [0, 0.05) is 17.5 Å². The van der Waals surface area contributed by atoms with Crippen LogP contribution in [0.25, 0.3) is 0 Å². The van der Waals surface area contributed by atoms with Crippen LogP contribution in [0.5, 0.6) is 11.5 Å². The van der Waals surface area contributed by atoms with Crippen molar-refractivity contribution in [1.82, 2.24) is 0 Å². The average molecular weight is 149 g/mol. The molecule has 0 amide bonds. The van der Waals surface area contributed by atoms with Gasteiger partial charge in [-0.3, -0.25) is 5.11 Å². The Hall–Kier alpha value is -1.18. The van der Waals surface area contributed by atoms with Crippen LogP contribution in [-0.2, 0) is 11.5 Å². The smallest absolute Gasteiger partial charge is 0.182 e. The molecule has 0 aromatic heterocycles. The number of rotatable bonds is 0. The second-order valence-electron chi connectivity index (χ2n) is 2.76. The van der Waals surface area contributed by atoms with Crippen LogP contribution < -0.4 is 4.74 Å². The lowest BCUT2D eigenvalue weighted by molar-refractivity contribution is 0.347. The Labute approximate surface area is 65.4 Å². The summed E-state index contributed by atoms with van der Waals surface area (Å²) in [5.41, 5.74) is 1.94. The number of hydrogen-bond acceptors (Lipinski definition) is 1. The molecule has 0 saturated heterocycles. The van der Waals surface area contributed by atoms with Gasteiger partial charge in [0.15, 0.2) is 5.75 Å². The summed E-state index contributed by atoms with van der Waals surface area (Å²) in [6.07, 6.45) is 0.886. The fraction of sp³-hybridized carbons (Fsp3) is 0.333. The molecular weight excluding hydrogens is 140 g/mol. The van der Waals surface area contributed by atoms with Gasteiger partial charge in [-0.05, 0) is 19.1 Å². The van der Waals surface area contributed by atoms with Gasteiger partial charge in [0.05, 0.1) is 6.61 Å². The third kappa shape index (κ3) is 0.862. The van der Waals surface area contributed by atoms with Crippen molar-refractivity contribution in [2.45, 2.75) is 13.3 Å². The molecule has 1 aliphatic rings. The molecule has 2 rings (SSSR count). The van der Waals surface area contributed by atoms with Gasteiger partial charge in [-0.1, -0.05) is 0 Å². The first kappa shape index (κ1) is 6.53. The molecule has 0 N–H and O–H groups in total.